The van der Waals surface area contributed by atoms with E-state index in [-0.39, 0.29) is 5.96 Å². The number of carbonyl (C=O) groups is 1. The van der Waals surface area contributed by atoms with Crippen LogP contribution in [0.4, 0.5) is 0 Å². The third-order valence-electron chi connectivity index (χ3n) is 1.99. The molecule has 0 aliphatic carbocycles. The molecule has 0 aliphatic heterocycles. The molecule has 0 saturated heterocycles. The molecule has 5 nitrogen and oxygen atoms in total. The van der Waals surface area contributed by atoms with Gasteiger partial charge in [0.2, 0.25) is 0 Å². The second-order valence-corrected chi connectivity index (χ2v) is 4.33. The lowest BCUT2D eigenvalue weighted by Crippen LogP contribution is -2.24. The molecule has 0 fully saturated rings. The molecule has 0 radical (unpaired) electrons. The van der Waals surface area contributed by atoms with Crippen molar-refractivity contribution in [3.05, 3.63) is 41.5 Å². The van der Waals surface area contributed by atoms with E-state index in [0.717, 1.165) is 10.4 Å². The second kappa shape index (κ2) is 4.75. The van der Waals surface area contributed by atoms with Crippen molar-refractivity contribution < 1.29 is 4.79 Å². The lowest BCUT2D eigenvalue weighted by molar-refractivity contribution is 0.101. The molecule has 6 heteroatoms. The van der Waals surface area contributed by atoms with Crippen LogP contribution >= 0.6 is 11.3 Å². The summed E-state index contributed by atoms with van der Waals surface area (Å²) >= 11 is 1.33. The first-order valence-electron chi connectivity index (χ1n) is 4.81. The smallest absolute Gasteiger partial charge is 0.290 e. The Morgan fingerprint density at radius 1 is 1.29 bits per heavy atom. The summed E-state index contributed by atoms with van der Waals surface area (Å²) in [4.78, 5) is 20.5. The van der Waals surface area contributed by atoms with Crippen LogP contribution < -0.4 is 11.5 Å². The average molecular weight is 246 g/mol. The van der Waals surface area contributed by atoms with Gasteiger partial charge in [0.25, 0.3) is 5.91 Å². The van der Waals surface area contributed by atoms with E-state index >= 15 is 0 Å². The van der Waals surface area contributed by atoms with Gasteiger partial charge in [0.05, 0.1) is 4.88 Å². The number of hydrogen-bond acceptors (Lipinski definition) is 3. The van der Waals surface area contributed by atoms with E-state index in [9.17, 15) is 4.79 Å². The number of carbonyl (C=O) groups excluding carboxylic acids is 1. The molecule has 0 unspecified atom stereocenters. The first-order valence-corrected chi connectivity index (χ1v) is 5.62. The van der Waals surface area contributed by atoms with E-state index in [4.69, 9.17) is 11.5 Å². The number of rotatable bonds is 2. The van der Waals surface area contributed by atoms with Crippen molar-refractivity contribution in [2.45, 2.75) is 0 Å². The van der Waals surface area contributed by atoms with Crippen LogP contribution in [0.5, 0.6) is 0 Å². The Labute approximate surface area is 102 Å². The Bertz CT molecular complexity index is 558. The fraction of sp³-hybridized carbons (Fsp3) is 0. The van der Waals surface area contributed by atoms with Gasteiger partial charge < -0.3 is 11.5 Å². The normalized spacial score (nSPS) is 9.88. The van der Waals surface area contributed by atoms with Gasteiger partial charge in [-0.2, -0.15) is 4.99 Å². The lowest BCUT2D eigenvalue weighted by atomic mass is 10.2. The van der Waals surface area contributed by atoms with Crippen LogP contribution in [0, 0.1) is 0 Å². The number of amides is 1. The van der Waals surface area contributed by atoms with E-state index in [1.54, 1.807) is 18.5 Å². The predicted molar refractivity (Wildman–Crippen MR) is 67.7 cm³/mol. The third kappa shape index (κ3) is 2.67. The monoisotopic (exact) mass is 246 g/mol. The molecule has 0 saturated carbocycles. The topological polar surface area (TPSA) is 94.4 Å². The summed E-state index contributed by atoms with van der Waals surface area (Å²) in [6, 6.07) is 7.30. The molecule has 0 aromatic carbocycles. The van der Waals surface area contributed by atoms with Crippen LogP contribution in [0.2, 0.25) is 0 Å². The highest BCUT2D eigenvalue weighted by molar-refractivity contribution is 7.17. The molecule has 2 aromatic heterocycles. The van der Waals surface area contributed by atoms with Crippen LogP contribution in [-0.2, 0) is 0 Å². The van der Waals surface area contributed by atoms with Crippen LogP contribution in [0.25, 0.3) is 10.4 Å². The van der Waals surface area contributed by atoms with Crippen molar-refractivity contribution in [2.75, 3.05) is 0 Å². The van der Waals surface area contributed by atoms with Gasteiger partial charge in [-0.1, -0.05) is 6.07 Å². The van der Waals surface area contributed by atoms with Gasteiger partial charge in [-0.15, -0.1) is 11.3 Å². The van der Waals surface area contributed by atoms with Crippen molar-refractivity contribution in [3.8, 4) is 10.4 Å². The van der Waals surface area contributed by atoms with Gasteiger partial charge in [-0.3, -0.25) is 9.78 Å². The number of thiophene rings is 1. The molecule has 0 aliphatic rings. The van der Waals surface area contributed by atoms with Crippen molar-refractivity contribution in [2.24, 2.45) is 16.5 Å². The zero-order valence-electron chi connectivity index (χ0n) is 8.83. The van der Waals surface area contributed by atoms with E-state index in [1.165, 1.54) is 11.3 Å². The zero-order chi connectivity index (χ0) is 12.3. The molecule has 4 N–H and O–H groups in total. The lowest BCUT2D eigenvalue weighted by Gasteiger charge is -1.94. The number of pyridine rings is 1. The Kier molecular flexibility index (Phi) is 3.15. The number of nitrogens with two attached hydrogens (primary N) is 2. The highest BCUT2D eigenvalue weighted by Crippen LogP contribution is 2.27. The summed E-state index contributed by atoms with van der Waals surface area (Å²) in [5.41, 5.74) is 11.3. The maximum atomic E-state index is 11.5. The van der Waals surface area contributed by atoms with Crippen molar-refractivity contribution in [3.63, 3.8) is 0 Å². The molecule has 2 rings (SSSR count). The maximum absolute atomic E-state index is 11.5. The number of hydrogen-bond donors (Lipinski definition) is 2. The molecule has 86 valence electrons. The largest absolute Gasteiger partial charge is 0.370 e. The SMILES string of the molecule is NC(N)=NC(=O)c1ccc(-c2cccnc2)s1. The number of guanidine groups is 1. The number of aromatic nitrogens is 1. The van der Waals surface area contributed by atoms with Crippen LogP contribution in [0.15, 0.2) is 41.7 Å². The van der Waals surface area contributed by atoms with E-state index in [2.05, 4.69) is 9.98 Å². The van der Waals surface area contributed by atoms with E-state index < -0.39 is 5.91 Å². The summed E-state index contributed by atoms with van der Waals surface area (Å²) in [6.45, 7) is 0. The zero-order valence-corrected chi connectivity index (χ0v) is 9.65. The Morgan fingerprint density at radius 3 is 2.76 bits per heavy atom. The molecule has 0 atom stereocenters. The highest BCUT2D eigenvalue weighted by atomic mass is 32.1. The van der Waals surface area contributed by atoms with E-state index in [0.29, 0.717) is 4.88 Å². The first-order chi connectivity index (χ1) is 8.16. The standard InChI is InChI=1S/C11H10N4OS/c12-11(13)15-10(16)9-4-3-8(17-9)7-2-1-5-14-6-7/h1-6H,(H4,12,13,15,16). The quantitative estimate of drug-likeness (QED) is 0.615. The third-order valence-corrected chi connectivity index (χ3v) is 3.12. The molecular formula is C11H10N4OS. The minimum atomic E-state index is -0.426. The minimum absolute atomic E-state index is 0.230. The summed E-state index contributed by atoms with van der Waals surface area (Å²) in [6.07, 6.45) is 3.43. The molecule has 17 heavy (non-hydrogen) atoms. The Morgan fingerprint density at radius 2 is 2.12 bits per heavy atom. The van der Waals surface area contributed by atoms with E-state index in [1.807, 2.05) is 18.2 Å². The highest BCUT2D eigenvalue weighted by Gasteiger charge is 2.09. The van der Waals surface area contributed by atoms with Gasteiger partial charge in [0.15, 0.2) is 5.96 Å². The van der Waals surface area contributed by atoms with Gasteiger partial charge in [0, 0.05) is 22.8 Å². The summed E-state index contributed by atoms with van der Waals surface area (Å²) < 4.78 is 0. The predicted octanol–water partition coefficient (Wildman–Crippen LogP) is 1.22. The maximum Gasteiger partial charge on any atom is 0.290 e. The Hall–Kier alpha value is -2.21. The molecule has 0 bridgehead atoms. The molecule has 2 aromatic rings. The number of nitrogens with zero attached hydrogens (tertiary/aromatic N) is 2. The minimum Gasteiger partial charge on any atom is -0.370 e. The van der Waals surface area contributed by atoms with Crippen molar-refractivity contribution >= 4 is 23.2 Å². The fourth-order valence-electron chi connectivity index (χ4n) is 1.29. The van der Waals surface area contributed by atoms with Crippen LogP contribution in [0.3, 0.4) is 0 Å². The van der Waals surface area contributed by atoms with Crippen molar-refractivity contribution in [1.29, 1.82) is 0 Å². The molecule has 1 amide bonds. The first kappa shape index (κ1) is 11.3. The van der Waals surface area contributed by atoms with Crippen LogP contribution in [0.1, 0.15) is 9.67 Å². The number of aliphatic imine (C=N–C) groups is 1. The average Bonchev–Trinajstić information content (AvgIpc) is 2.78. The van der Waals surface area contributed by atoms with Crippen LogP contribution in [-0.4, -0.2) is 16.9 Å². The van der Waals surface area contributed by atoms with Gasteiger partial charge in [-0.05, 0) is 18.2 Å². The summed E-state index contributed by atoms with van der Waals surface area (Å²) in [5, 5.41) is 0. The fourth-order valence-corrected chi connectivity index (χ4v) is 2.17. The second-order valence-electron chi connectivity index (χ2n) is 3.25. The summed E-state index contributed by atoms with van der Waals surface area (Å²) in [7, 11) is 0. The van der Waals surface area contributed by atoms with Crippen molar-refractivity contribution in [1.82, 2.24) is 4.98 Å². The Balaban J connectivity index is 2.28. The van der Waals surface area contributed by atoms with Gasteiger partial charge >= 0.3 is 0 Å². The molecular weight excluding hydrogens is 236 g/mol. The molecule has 2 heterocycles. The van der Waals surface area contributed by atoms with Gasteiger partial charge in [0.1, 0.15) is 0 Å². The molecule has 0 spiro atoms. The summed E-state index contributed by atoms with van der Waals surface area (Å²) in [5.74, 6) is -0.656. The van der Waals surface area contributed by atoms with Gasteiger partial charge in [-0.25, -0.2) is 0 Å².